The Bertz CT molecular complexity index is 797. The topological polar surface area (TPSA) is 41.6 Å². The molecule has 2 aromatic rings. The van der Waals surface area contributed by atoms with E-state index in [9.17, 15) is 13.6 Å². The number of nitrogens with zero attached hydrogens (tertiary/aromatic N) is 1. The number of carbonyl (C=O) groups excluding carboxylic acids is 1. The molecule has 1 N–H and O–H groups in total. The van der Waals surface area contributed by atoms with E-state index in [0.717, 1.165) is 5.69 Å². The number of ether oxygens (including phenoxy) is 1. The largest absolute Gasteiger partial charge is 0.372 e. The van der Waals surface area contributed by atoms with Crippen LogP contribution in [0.1, 0.15) is 24.2 Å². The molecule has 0 aromatic heterocycles. The van der Waals surface area contributed by atoms with Gasteiger partial charge in [-0.1, -0.05) is 23.9 Å². The highest BCUT2D eigenvalue weighted by atomic mass is 32.2. The van der Waals surface area contributed by atoms with Gasteiger partial charge < -0.3 is 15.0 Å². The Balaban J connectivity index is 1.77. The lowest BCUT2D eigenvalue weighted by Gasteiger charge is -2.38. The lowest BCUT2D eigenvalue weighted by Crippen LogP contribution is -2.50. The summed E-state index contributed by atoms with van der Waals surface area (Å²) in [5, 5.41) is 3.22. The van der Waals surface area contributed by atoms with Crippen molar-refractivity contribution in [1.82, 2.24) is 4.90 Å². The summed E-state index contributed by atoms with van der Waals surface area (Å²) in [6.45, 7) is 5.53. The van der Waals surface area contributed by atoms with Crippen LogP contribution in [0.4, 0.5) is 20.2 Å². The Morgan fingerprint density at radius 2 is 1.89 bits per heavy atom. The van der Waals surface area contributed by atoms with Crippen molar-refractivity contribution in [3.05, 3.63) is 54.1 Å². The Hall–Kier alpha value is -2.12. The summed E-state index contributed by atoms with van der Waals surface area (Å²) in [5.41, 5.74) is 1.62. The Kier molecular flexibility index (Phi) is 6.01. The first-order valence-corrected chi connectivity index (χ1v) is 9.56. The number of para-hydroxylation sites is 1. The van der Waals surface area contributed by atoms with E-state index in [-0.39, 0.29) is 11.5 Å². The number of halogens is 2. The van der Waals surface area contributed by atoms with Gasteiger partial charge in [0.2, 0.25) is 0 Å². The zero-order chi connectivity index (χ0) is 19.4. The molecule has 4 nitrogen and oxygen atoms in total. The molecule has 0 spiro atoms. The van der Waals surface area contributed by atoms with E-state index in [1.807, 2.05) is 32.0 Å². The van der Waals surface area contributed by atoms with Gasteiger partial charge in [-0.25, -0.2) is 0 Å². The number of carbonyl (C=O) groups is 1. The summed E-state index contributed by atoms with van der Waals surface area (Å²) in [4.78, 5) is 15.3. The van der Waals surface area contributed by atoms with Gasteiger partial charge in [-0.2, -0.15) is 8.78 Å². The van der Waals surface area contributed by atoms with Crippen LogP contribution < -0.4 is 5.32 Å². The van der Waals surface area contributed by atoms with Crippen molar-refractivity contribution in [2.24, 2.45) is 0 Å². The molecule has 7 heteroatoms. The summed E-state index contributed by atoms with van der Waals surface area (Å²) < 4.78 is 30.6. The van der Waals surface area contributed by atoms with Crippen molar-refractivity contribution in [2.45, 2.75) is 30.1 Å². The van der Waals surface area contributed by atoms with Crippen LogP contribution in [0.15, 0.2) is 53.4 Å². The number of hydrogen-bond donors (Lipinski definition) is 1. The highest BCUT2D eigenvalue weighted by Gasteiger charge is 2.31. The van der Waals surface area contributed by atoms with Crippen molar-refractivity contribution >= 4 is 29.0 Å². The first-order valence-electron chi connectivity index (χ1n) is 8.68. The number of benzene rings is 2. The molecule has 0 saturated carbocycles. The third kappa shape index (κ3) is 5.20. The van der Waals surface area contributed by atoms with Crippen molar-refractivity contribution < 1.29 is 18.3 Å². The maximum atomic E-state index is 13.0. The number of rotatable bonds is 5. The Labute approximate surface area is 161 Å². The molecule has 1 fully saturated rings. The van der Waals surface area contributed by atoms with Gasteiger partial charge in [-0.15, -0.1) is 0 Å². The molecule has 1 aliphatic heterocycles. The molecular formula is C20H22F2N2O2S. The van der Waals surface area contributed by atoms with Crippen molar-refractivity contribution in [1.29, 1.82) is 0 Å². The van der Waals surface area contributed by atoms with E-state index in [0.29, 0.717) is 47.6 Å². The molecule has 27 heavy (non-hydrogen) atoms. The lowest BCUT2D eigenvalue weighted by molar-refractivity contribution is -0.0763. The average molecular weight is 392 g/mol. The predicted octanol–water partition coefficient (Wildman–Crippen LogP) is 5.00. The van der Waals surface area contributed by atoms with Crippen LogP contribution in [0, 0.1) is 0 Å². The Morgan fingerprint density at radius 3 is 2.56 bits per heavy atom. The zero-order valence-electron chi connectivity index (χ0n) is 15.2. The van der Waals surface area contributed by atoms with Crippen molar-refractivity contribution in [3.8, 4) is 0 Å². The van der Waals surface area contributed by atoms with Crippen molar-refractivity contribution in [2.75, 3.05) is 25.0 Å². The molecule has 0 radical (unpaired) electrons. The SMILES string of the molecule is CC1(C)CN(C(=O)c2ccccc2Nc2ccc(SC(F)F)cc2)CCO1. The van der Waals surface area contributed by atoms with Gasteiger partial charge in [-0.3, -0.25) is 4.79 Å². The third-order valence-corrected chi connectivity index (χ3v) is 4.95. The molecule has 1 saturated heterocycles. The summed E-state index contributed by atoms with van der Waals surface area (Å²) in [6.07, 6.45) is 0. The minimum absolute atomic E-state index is 0.0562. The van der Waals surface area contributed by atoms with E-state index < -0.39 is 5.76 Å². The van der Waals surface area contributed by atoms with Crippen LogP contribution in [-0.2, 0) is 4.74 Å². The number of morpholine rings is 1. The van der Waals surface area contributed by atoms with Gasteiger partial charge >= 0.3 is 0 Å². The summed E-state index contributed by atoms with van der Waals surface area (Å²) in [6, 6.07) is 14.0. The molecule has 1 heterocycles. The van der Waals surface area contributed by atoms with Crippen LogP contribution in [0.3, 0.4) is 0 Å². The van der Waals surface area contributed by atoms with Gasteiger partial charge in [0, 0.05) is 23.7 Å². The predicted molar refractivity (Wildman–Crippen MR) is 104 cm³/mol. The van der Waals surface area contributed by atoms with Gasteiger partial charge in [0.15, 0.2) is 0 Å². The molecule has 0 bridgehead atoms. The summed E-state index contributed by atoms with van der Waals surface area (Å²) >= 11 is 0.506. The van der Waals surface area contributed by atoms with Crippen LogP contribution in [0.2, 0.25) is 0 Å². The number of thioether (sulfide) groups is 1. The molecule has 0 unspecified atom stereocenters. The fourth-order valence-electron chi connectivity index (χ4n) is 3.01. The smallest absolute Gasteiger partial charge is 0.288 e. The lowest BCUT2D eigenvalue weighted by atomic mass is 10.1. The molecule has 1 aliphatic rings. The standard InChI is InChI=1S/C20H22F2N2O2S/c1-20(2)13-24(11-12-26-20)18(25)16-5-3-4-6-17(16)23-14-7-9-15(10-8-14)27-19(21)22/h3-10,19,23H,11-13H2,1-2H3. The molecule has 0 aliphatic carbocycles. The van der Waals surface area contributed by atoms with Crippen LogP contribution >= 0.6 is 11.8 Å². The minimum Gasteiger partial charge on any atom is -0.372 e. The van der Waals surface area contributed by atoms with E-state index in [2.05, 4.69) is 5.32 Å². The molecule has 144 valence electrons. The average Bonchev–Trinajstić information content (AvgIpc) is 2.62. The Morgan fingerprint density at radius 1 is 1.19 bits per heavy atom. The quantitative estimate of drug-likeness (QED) is 0.728. The molecule has 2 aromatic carbocycles. The maximum Gasteiger partial charge on any atom is 0.288 e. The zero-order valence-corrected chi connectivity index (χ0v) is 16.1. The van der Waals surface area contributed by atoms with Gasteiger partial charge in [-0.05, 0) is 50.2 Å². The van der Waals surface area contributed by atoms with Gasteiger partial charge in [0.05, 0.1) is 23.5 Å². The van der Waals surface area contributed by atoms with Gasteiger partial charge in [0.25, 0.3) is 11.7 Å². The second-order valence-electron chi connectivity index (χ2n) is 6.91. The second-order valence-corrected chi connectivity index (χ2v) is 7.97. The summed E-state index contributed by atoms with van der Waals surface area (Å²) in [5.74, 6) is -2.50. The first-order chi connectivity index (χ1) is 12.8. The van der Waals surface area contributed by atoms with Crippen LogP contribution in [0.5, 0.6) is 0 Å². The third-order valence-electron chi connectivity index (χ3n) is 4.23. The molecule has 0 atom stereocenters. The number of amides is 1. The monoisotopic (exact) mass is 392 g/mol. The van der Waals surface area contributed by atoms with Gasteiger partial charge in [0.1, 0.15) is 0 Å². The van der Waals surface area contributed by atoms with Crippen LogP contribution in [-0.4, -0.2) is 41.9 Å². The number of nitrogens with one attached hydrogen (secondary N) is 1. The fraction of sp³-hybridized carbons (Fsp3) is 0.350. The van der Waals surface area contributed by atoms with Crippen LogP contribution in [0.25, 0.3) is 0 Å². The number of hydrogen-bond acceptors (Lipinski definition) is 4. The van der Waals surface area contributed by atoms with E-state index in [4.69, 9.17) is 4.74 Å². The highest BCUT2D eigenvalue weighted by molar-refractivity contribution is 7.99. The van der Waals surface area contributed by atoms with E-state index >= 15 is 0 Å². The van der Waals surface area contributed by atoms with E-state index in [1.54, 1.807) is 35.2 Å². The molecule has 3 rings (SSSR count). The second kappa shape index (κ2) is 8.27. The van der Waals surface area contributed by atoms with E-state index in [1.165, 1.54) is 0 Å². The maximum absolute atomic E-state index is 13.0. The fourth-order valence-corrected chi connectivity index (χ4v) is 3.51. The summed E-state index contributed by atoms with van der Waals surface area (Å²) in [7, 11) is 0. The molecule has 1 amide bonds. The molecular weight excluding hydrogens is 370 g/mol. The number of alkyl halides is 2. The number of anilines is 2. The highest BCUT2D eigenvalue weighted by Crippen LogP contribution is 2.28. The normalized spacial score (nSPS) is 16.4. The van der Waals surface area contributed by atoms with Crippen molar-refractivity contribution in [3.63, 3.8) is 0 Å². The minimum atomic E-state index is -2.44. The first kappa shape index (κ1) is 19.6.